The van der Waals surface area contributed by atoms with E-state index in [1.165, 1.54) is 17.4 Å². The highest BCUT2D eigenvalue weighted by atomic mass is 19.1. The number of nitrogens with zero attached hydrogens (tertiary/aromatic N) is 4. The van der Waals surface area contributed by atoms with Gasteiger partial charge in [-0.3, -0.25) is 9.69 Å². The van der Waals surface area contributed by atoms with Crippen LogP contribution in [0.15, 0.2) is 42.5 Å². The normalized spacial score (nSPS) is 15.6. The zero-order valence-corrected chi connectivity index (χ0v) is 20.6. The Morgan fingerprint density at radius 3 is 2.37 bits per heavy atom. The van der Waals surface area contributed by atoms with Gasteiger partial charge in [-0.25, -0.2) is 23.6 Å². The fourth-order valence-electron chi connectivity index (χ4n) is 3.94. The molecule has 8 nitrogen and oxygen atoms in total. The van der Waals surface area contributed by atoms with Gasteiger partial charge in [0, 0.05) is 59.3 Å². The minimum atomic E-state index is -0.750. The predicted molar refractivity (Wildman–Crippen MR) is 131 cm³/mol. The Kier molecular flexibility index (Phi) is 9.00. The summed E-state index contributed by atoms with van der Waals surface area (Å²) in [5.41, 5.74) is 1.12. The van der Waals surface area contributed by atoms with Crippen LogP contribution in [0.3, 0.4) is 0 Å². The van der Waals surface area contributed by atoms with Crippen LogP contribution in [-0.4, -0.2) is 74.9 Å². The highest BCUT2D eigenvalue weighted by molar-refractivity contribution is 5.90. The monoisotopic (exact) mass is 489 g/mol. The molecule has 1 N–H and O–H groups in total. The predicted octanol–water partition coefficient (Wildman–Crippen LogP) is 3.23. The van der Waals surface area contributed by atoms with E-state index in [0.29, 0.717) is 19.6 Å². The van der Waals surface area contributed by atoms with Gasteiger partial charge in [0.05, 0.1) is 18.8 Å². The maximum absolute atomic E-state index is 15.1. The van der Waals surface area contributed by atoms with Crippen molar-refractivity contribution >= 4 is 23.4 Å². The summed E-state index contributed by atoms with van der Waals surface area (Å²) in [5.74, 6) is -1.75. The highest BCUT2D eigenvalue weighted by Gasteiger charge is 2.33. The maximum atomic E-state index is 15.1. The molecule has 35 heavy (non-hydrogen) atoms. The van der Waals surface area contributed by atoms with E-state index < -0.39 is 23.8 Å². The summed E-state index contributed by atoms with van der Waals surface area (Å²) in [4.78, 5) is 26.1. The summed E-state index contributed by atoms with van der Waals surface area (Å²) < 4.78 is 35.4. The van der Waals surface area contributed by atoms with Crippen molar-refractivity contribution in [2.24, 2.45) is 0 Å². The van der Waals surface area contributed by atoms with E-state index in [1.807, 2.05) is 56.4 Å². The molecule has 1 saturated heterocycles. The lowest BCUT2D eigenvalue weighted by Gasteiger charge is -2.32. The Labute approximate surface area is 205 Å². The summed E-state index contributed by atoms with van der Waals surface area (Å²) in [5, 5.41) is 6.63. The van der Waals surface area contributed by atoms with Crippen LogP contribution in [0.2, 0.25) is 0 Å². The molecular formula is C25H33F2N5O3. The van der Waals surface area contributed by atoms with Crippen LogP contribution in [0.25, 0.3) is 0 Å². The topological polar surface area (TPSA) is 68.4 Å². The molecule has 2 aromatic carbocycles. The Morgan fingerprint density at radius 2 is 1.77 bits per heavy atom. The standard InChI is InChI=1S/C25H33F2N5O3/c1-5-31(12-11-29(3)30(4)16-19-9-7-6-8-10-19)24-22(26)13-20(14-23(24)27)32-17-21(35-25(32)34)15-28-18(2)33/h6-10,13-14,21H,5,11-12,15-17H2,1-4H3,(H,28,33)/t21-/m0/s1. The Balaban J connectivity index is 1.65. The molecule has 0 unspecified atom stereocenters. The lowest BCUT2D eigenvalue weighted by atomic mass is 10.2. The van der Waals surface area contributed by atoms with Crippen molar-refractivity contribution in [3.05, 3.63) is 59.7 Å². The van der Waals surface area contributed by atoms with Crippen molar-refractivity contribution < 1.29 is 23.1 Å². The first-order chi connectivity index (χ1) is 16.7. The first-order valence-corrected chi connectivity index (χ1v) is 11.6. The number of hydrogen-bond donors (Lipinski definition) is 1. The van der Waals surface area contributed by atoms with Gasteiger partial charge < -0.3 is 15.0 Å². The summed E-state index contributed by atoms with van der Waals surface area (Å²) in [7, 11) is 3.90. The molecule has 1 atom stereocenters. The second-order valence-electron chi connectivity index (χ2n) is 8.57. The molecule has 190 valence electrons. The quantitative estimate of drug-likeness (QED) is 0.489. The number of cyclic esters (lactones) is 1. The van der Waals surface area contributed by atoms with Gasteiger partial charge in [0.25, 0.3) is 0 Å². The zero-order valence-electron chi connectivity index (χ0n) is 20.6. The largest absolute Gasteiger partial charge is 0.442 e. The average Bonchev–Trinajstić information content (AvgIpc) is 3.20. The molecule has 1 aliphatic heterocycles. The maximum Gasteiger partial charge on any atom is 0.414 e. The molecule has 0 radical (unpaired) electrons. The molecule has 2 amide bonds. The van der Waals surface area contributed by atoms with Gasteiger partial charge in [-0.2, -0.15) is 0 Å². The van der Waals surface area contributed by atoms with Crippen molar-refractivity contribution in [1.29, 1.82) is 0 Å². The van der Waals surface area contributed by atoms with Crippen molar-refractivity contribution in [3.63, 3.8) is 0 Å². The van der Waals surface area contributed by atoms with Crippen molar-refractivity contribution in [3.8, 4) is 0 Å². The Morgan fingerprint density at radius 1 is 1.11 bits per heavy atom. The van der Waals surface area contributed by atoms with Crippen molar-refractivity contribution in [1.82, 2.24) is 15.3 Å². The van der Waals surface area contributed by atoms with Crippen LogP contribution < -0.4 is 15.1 Å². The number of halogens is 2. The molecule has 1 aliphatic rings. The number of hydrazine groups is 1. The van der Waals surface area contributed by atoms with Crippen LogP contribution >= 0.6 is 0 Å². The minimum Gasteiger partial charge on any atom is -0.442 e. The SMILES string of the molecule is CCN(CCN(C)N(C)Cc1ccccc1)c1c(F)cc(N2C[C@H](CNC(C)=O)OC2=O)cc1F. The molecule has 1 heterocycles. The van der Waals surface area contributed by atoms with Crippen LogP contribution in [0.1, 0.15) is 19.4 Å². The number of hydrogen-bond acceptors (Lipinski definition) is 6. The number of anilines is 2. The van der Waals surface area contributed by atoms with Gasteiger partial charge in [-0.05, 0) is 12.5 Å². The highest BCUT2D eigenvalue weighted by Crippen LogP contribution is 2.31. The summed E-state index contributed by atoms with van der Waals surface area (Å²) in [6.07, 6.45) is -1.30. The number of likely N-dealkylation sites (N-methyl/N-ethyl adjacent to an activating group) is 2. The average molecular weight is 490 g/mol. The van der Waals surface area contributed by atoms with Gasteiger partial charge in [0.15, 0.2) is 11.6 Å². The van der Waals surface area contributed by atoms with E-state index in [2.05, 4.69) is 10.3 Å². The van der Waals surface area contributed by atoms with Crippen LogP contribution in [0.5, 0.6) is 0 Å². The van der Waals surface area contributed by atoms with Gasteiger partial charge in [0.2, 0.25) is 5.91 Å². The lowest BCUT2D eigenvalue weighted by molar-refractivity contribution is -0.119. The first-order valence-electron chi connectivity index (χ1n) is 11.6. The molecule has 1 fully saturated rings. The molecule has 0 bridgehead atoms. The third-order valence-electron chi connectivity index (χ3n) is 5.99. The van der Waals surface area contributed by atoms with E-state index in [4.69, 9.17) is 4.74 Å². The second-order valence-corrected chi connectivity index (χ2v) is 8.57. The zero-order chi connectivity index (χ0) is 25.5. The minimum absolute atomic E-state index is 0.0786. The number of amides is 2. The molecule has 0 spiro atoms. The van der Waals surface area contributed by atoms with E-state index in [-0.39, 0.29) is 30.4 Å². The van der Waals surface area contributed by atoms with E-state index in [1.54, 1.807) is 4.90 Å². The number of nitrogens with one attached hydrogen (secondary N) is 1. The fraction of sp³-hybridized carbons (Fsp3) is 0.440. The van der Waals surface area contributed by atoms with Crippen LogP contribution in [-0.2, 0) is 16.1 Å². The third kappa shape index (κ3) is 6.89. The number of benzene rings is 2. The third-order valence-corrected chi connectivity index (χ3v) is 5.99. The number of carbonyl (C=O) groups is 2. The summed E-state index contributed by atoms with van der Waals surface area (Å²) in [6, 6.07) is 12.3. The Hall–Kier alpha value is -3.24. The van der Waals surface area contributed by atoms with Crippen molar-refractivity contribution in [2.75, 3.05) is 56.6 Å². The van der Waals surface area contributed by atoms with Gasteiger partial charge in [-0.15, -0.1) is 0 Å². The van der Waals surface area contributed by atoms with Gasteiger partial charge in [-0.1, -0.05) is 30.3 Å². The number of rotatable bonds is 11. The lowest BCUT2D eigenvalue weighted by Crippen LogP contribution is -2.42. The number of ether oxygens (including phenoxy) is 1. The molecule has 3 rings (SSSR count). The van der Waals surface area contributed by atoms with Gasteiger partial charge >= 0.3 is 6.09 Å². The molecule has 10 heteroatoms. The van der Waals surface area contributed by atoms with E-state index in [9.17, 15) is 9.59 Å². The summed E-state index contributed by atoms with van der Waals surface area (Å²) in [6.45, 7) is 5.51. The van der Waals surface area contributed by atoms with Crippen LogP contribution in [0, 0.1) is 11.6 Å². The molecule has 0 aromatic heterocycles. The van der Waals surface area contributed by atoms with Crippen molar-refractivity contribution in [2.45, 2.75) is 26.5 Å². The van der Waals surface area contributed by atoms with Gasteiger partial charge in [0.1, 0.15) is 11.8 Å². The second kappa shape index (κ2) is 11.9. The molecule has 0 aliphatic carbocycles. The number of carbonyl (C=O) groups excluding carboxylic acids is 2. The first kappa shape index (κ1) is 26.4. The Bertz CT molecular complexity index is 1000. The van der Waals surface area contributed by atoms with E-state index >= 15 is 8.78 Å². The molecular weight excluding hydrogens is 456 g/mol. The van der Waals surface area contributed by atoms with E-state index in [0.717, 1.165) is 18.7 Å². The molecule has 2 aromatic rings. The van der Waals surface area contributed by atoms with Crippen LogP contribution in [0.4, 0.5) is 25.0 Å². The molecule has 0 saturated carbocycles. The summed E-state index contributed by atoms with van der Waals surface area (Å²) >= 11 is 0. The smallest absolute Gasteiger partial charge is 0.414 e. The fourth-order valence-corrected chi connectivity index (χ4v) is 3.94.